The zero-order chi connectivity index (χ0) is 19.1. The van der Waals surface area contributed by atoms with Gasteiger partial charge in [-0.3, -0.25) is 14.3 Å². The molecule has 1 N–H and O–H groups in total. The number of carbonyl (C=O) groups is 1. The van der Waals surface area contributed by atoms with E-state index in [0.29, 0.717) is 23.1 Å². The number of benzene rings is 1. The predicted molar refractivity (Wildman–Crippen MR) is 98.8 cm³/mol. The van der Waals surface area contributed by atoms with Crippen LogP contribution in [-0.4, -0.2) is 15.5 Å². The number of rotatable bonds is 3. The quantitative estimate of drug-likeness (QED) is 0.769. The number of nitrogens with one attached hydrogen (secondary N) is 1. The van der Waals surface area contributed by atoms with Gasteiger partial charge in [0.2, 0.25) is 5.91 Å². The number of aryl methyl sites for hydroxylation is 1. The van der Waals surface area contributed by atoms with E-state index >= 15 is 0 Å². The van der Waals surface area contributed by atoms with Gasteiger partial charge in [-0.15, -0.1) is 0 Å². The van der Waals surface area contributed by atoms with Crippen LogP contribution in [0.5, 0.6) is 0 Å². The Morgan fingerprint density at radius 2 is 2.19 bits per heavy atom. The highest BCUT2D eigenvalue weighted by Gasteiger charge is 2.25. The van der Waals surface area contributed by atoms with Crippen molar-refractivity contribution in [2.45, 2.75) is 38.6 Å². The third kappa shape index (κ3) is 2.93. The molecule has 0 aliphatic heterocycles. The van der Waals surface area contributed by atoms with Gasteiger partial charge >= 0.3 is 5.76 Å². The van der Waals surface area contributed by atoms with Crippen LogP contribution >= 0.6 is 0 Å². The summed E-state index contributed by atoms with van der Waals surface area (Å²) < 4.78 is 21.2. The van der Waals surface area contributed by atoms with E-state index in [9.17, 15) is 14.0 Å². The van der Waals surface area contributed by atoms with Crippen LogP contribution < -0.4 is 11.1 Å². The zero-order valence-electron chi connectivity index (χ0n) is 15.2. The van der Waals surface area contributed by atoms with E-state index in [4.69, 9.17) is 4.42 Å². The molecule has 6 nitrogen and oxygen atoms in total. The Morgan fingerprint density at radius 1 is 1.37 bits per heavy atom. The number of hydrogen-bond acceptors (Lipinski definition) is 4. The lowest BCUT2D eigenvalue weighted by atomic mass is 9.84. The van der Waals surface area contributed by atoms with E-state index in [1.807, 2.05) is 6.92 Å². The fourth-order valence-corrected chi connectivity index (χ4v) is 3.75. The average molecular weight is 369 g/mol. The number of halogens is 1. The van der Waals surface area contributed by atoms with Crippen molar-refractivity contribution < 1.29 is 13.6 Å². The molecule has 0 unspecified atom stereocenters. The van der Waals surface area contributed by atoms with Crippen molar-refractivity contribution in [1.29, 1.82) is 0 Å². The molecule has 2 heterocycles. The van der Waals surface area contributed by atoms with Gasteiger partial charge in [0, 0.05) is 43.1 Å². The summed E-state index contributed by atoms with van der Waals surface area (Å²) in [5, 5.41) is 3.03. The van der Waals surface area contributed by atoms with Crippen LogP contribution in [0.4, 0.5) is 4.39 Å². The molecular formula is C20H20FN3O3. The van der Waals surface area contributed by atoms with Crippen LogP contribution in [0.1, 0.15) is 43.4 Å². The van der Waals surface area contributed by atoms with Gasteiger partial charge in [0.25, 0.3) is 0 Å². The molecule has 0 spiro atoms. The number of hydrogen-bond donors (Lipinski definition) is 1. The van der Waals surface area contributed by atoms with Crippen molar-refractivity contribution in [2.24, 2.45) is 7.05 Å². The molecule has 2 aromatic heterocycles. The average Bonchev–Trinajstić information content (AvgIpc) is 2.94. The predicted octanol–water partition coefficient (Wildman–Crippen LogP) is 3.24. The fraction of sp³-hybridized carbons (Fsp3) is 0.350. The molecule has 1 amide bonds. The second kappa shape index (κ2) is 6.64. The maximum Gasteiger partial charge on any atom is 0.419 e. The molecule has 0 saturated heterocycles. The first-order chi connectivity index (χ1) is 13.0. The molecule has 1 atom stereocenters. The Balaban J connectivity index is 1.86. The molecule has 0 fully saturated rings. The highest BCUT2D eigenvalue weighted by molar-refractivity contribution is 5.82. The molecule has 7 heteroatoms. The fourth-order valence-electron chi connectivity index (χ4n) is 3.75. The first-order valence-electron chi connectivity index (χ1n) is 9.05. The lowest BCUT2D eigenvalue weighted by Crippen LogP contribution is -2.30. The molecule has 0 saturated carbocycles. The lowest BCUT2D eigenvalue weighted by molar-refractivity contribution is -0.121. The van der Waals surface area contributed by atoms with Crippen LogP contribution in [0.25, 0.3) is 22.2 Å². The molecule has 1 aliphatic rings. The number of oxazole rings is 1. The monoisotopic (exact) mass is 369 g/mol. The van der Waals surface area contributed by atoms with Crippen molar-refractivity contribution in [2.75, 3.05) is 0 Å². The SMILES string of the molecule is CCC(=O)N[C@@H]1CCCc2c(-c3cc4c(cc3F)oc(=O)n4C)cncc21. The highest BCUT2D eigenvalue weighted by atomic mass is 19.1. The zero-order valence-corrected chi connectivity index (χ0v) is 15.2. The van der Waals surface area contributed by atoms with Crippen LogP contribution in [0.2, 0.25) is 0 Å². The van der Waals surface area contributed by atoms with Crippen molar-refractivity contribution in [1.82, 2.24) is 14.9 Å². The van der Waals surface area contributed by atoms with Crippen molar-refractivity contribution >= 4 is 17.0 Å². The van der Waals surface area contributed by atoms with Crippen molar-refractivity contribution in [3.63, 3.8) is 0 Å². The van der Waals surface area contributed by atoms with Crippen LogP contribution in [0.15, 0.2) is 33.7 Å². The minimum Gasteiger partial charge on any atom is -0.408 e. The molecule has 1 aromatic carbocycles. The van der Waals surface area contributed by atoms with Crippen molar-refractivity contribution in [3.05, 3.63) is 52.0 Å². The van der Waals surface area contributed by atoms with E-state index in [0.717, 1.165) is 30.4 Å². The second-order valence-corrected chi connectivity index (χ2v) is 6.85. The van der Waals surface area contributed by atoms with Crippen LogP contribution in [0, 0.1) is 5.82 Å². The first-order valence-corrected chi connectivity index (χ1v) is 9.05. The summed E-state index contributed by atoms with van der Waals surface area (Å²) in [6.45, 7) is 1.81. The molecule has 27 heavy (non-hydrogen) atoms. The summed E-state index contributed by atoms with van der Waals surface area (Å²) in [6.07, 6.45) is 6.33. The summed E-state index contributed by atoms with van der Waals surface area (Å²) in [5.74, 6) is -1.01. The molecule has 0 radical (unpaired) electrons. The normalized spacial score (nSPS) is 16.3. The van der Waals surface area contributed by atoms with Gasteiger partial charge in [-0.05, 0) is 36.5 Å². The largest absolute Gasteiger partial charge is 0.419 e. The van der Waals surface area contributed by atoms with Gasteiger partial charge in [0.1, 0.15) is 5.82 Å². The second-order valence-electron chi connectivity index (χ2n) is 6.85. The van der Waals surface area contributed by atoms with Gasteiger partial charge in [0.15, 0.2) is 5.58 Å². The Morgan fingerprint density at radius 3 is 2.96 bits per heavy atom. The number of amides is 1. The Labute approximate surface area is 155 Å². The minimum absolute atomic E-state index is 0.0146. The molecule has 1 aliphatic carbocycles. The summed E-state index contributed by atoms with van der Waals surface area (Å²) in [5.41, 5.74) is 3.74. The minimum atomic E-state index is -0.530. The summed E-state index contributed by atoms with van der Waals surface area (Å²) in [6, 6.07) is 2.75. The van der Waals surface area contributed by atoms with E-state index in [-0.39, 0.29) is 17.5 Å². The number of aromatic nitrogens is 2. The topological polar surface area (TPSA) is 77.1 Å². The van der Waals surface area contributed by atoms with Crippen molar-refractivity contribution in [3.8, 4) is 11.1 Å². The maximum absolute atomic E-state index is 14.8. The molecular weight excluding hydrogens is 349 g/mol. The third-order valence-electron chi connectivity index (χ3n) is 5.21. The highest BCUT2D eigenvalue weighted by Crippen LogP contribution is 2.37. The third-order valence-corrected chi connectivity index (χ3v) is 5.21. The summed E-state index contributed by atoms with van der Waals surface area (Å²) in [4.78, 5) is 27.9. The van der Waals surface area contributed by atoms with Gasteiger partial charge in [0.05, 0.1) is 11.6 Å². The number of nitrogens with zero attached hydrogens (tertiary/aromatic N) is 2. The van der Waals surface area contributed by atoms with Gasteiger partial charge in [-0.25, -0.2) is 9.18 Å². The molecule has 0 bridgehead atoms. The smallest absolute Gasteiger partial charge is 0.408 e. The van der Waals surface area contributed by atoms with Crippen LogP contribution in [0.3, 0.4) is 0 Å². The van der Waals surface area contributed by atoms with Gasteiger partial charge < -0.3 is 9.73 Å². The Bertz CT molecular complexity index is 1100. The maximum atomic E-state index is 14.8. The van der Waals surface area contributed by atoms with Crippen LogP contribution in [-0.2, 0) is 18.3 Å². The van der Waals surface area contributed by atoms with E-state index in [1.165, 1.54) is 10.6 Å². The van der Waals surface area contributed by atoms with E-state index in [1.54, 1.807) is 25.5 Å². The molecule has 140 valence electrons. The number of pyridine rings is 1. The molecule has 4 rings (SSSR count). The summed E-state index contributed by atoms with van der Waals surface area (Å²) >= 11 is 0. The van der Waals surface area contributed by atoms with E-state index < -0.39 is 11.6 Å². The lowest BCUT2D eigenvalue weighted by Gasteiger charge is -2.27. The Hall–Kier alpha value is -2.96. The van der Waals surface area contributed by atoms with E-state index in [2.05, 4.69) is 10.3 Å². The first kappa shape index (κ1) is 17.5. The number of carbonyl (C=O) groups excluding carboxylic acids is 1. The molecule has 3 aromatic rings. The standard InChI is InChI=1S/C20H20FN3O3/c1-3-19(25)23-16-6-4-5-11-13(9-22-10-14(11)16)12-7-17-18(8-15(12)21)27-20(26)24(17)2/h7-10,16H,3-6H2,1-2H3,(H,23,25)/t16-/m1/s1. The Kier molecular flexibility index (Phi) is 4.30. The summed E-state index contributed by atoms with van der Waals surface area (Å²) in [7, 11) is 1.59. The number of fused-ring (bicyclic) bond motifs is 2. The van der Waals surface area contributed by atoms with Gasteiger partial charge in [-0.2, -0.15) is 0 Å². The van der Waals surface area contributed by atoms with Gasteiger partial charge in [-0.1, -0.05) is 6.92 Å².